The fourth-order valence-corrected chi connectivity index (χ4v) is 2.73. The predicted molar refractivity (Wildman–Crippen MR) is 108 cm³/mol. The third kappa shape index (κ3) is 5.42. The molecule has 1 N–H and O–H groups in total. The predicted octanol–water partition coefficient (Wildman–Crippen LogP) is 4.49. The van der Waals surface area contributed by atoms with Gasteiger partial charge >= 0.3 is 5.97 Å². The van der Waals surface area contributed by atoms with E-state index in [-0.39, 0.29) is 0 Å². The van der Waals surface area contributed by atoms with Crippen molar-refractivity contribution in [3.8, 4) is 23.0 Å². The molecule has 0 aliphatic rings. The summed E-state index contributed by atoms with van der Waals surface area (Å²) in [5.41, 5.74) is 1.51. The Bertz CT molecular complexity index is 937. The number of aliphatic carboxylic acids is 1. The monoisotopic (exact) mass is 394 g/mol. The molecule has 0 aromatic heterocycles. The second-order valence-electron chi connectivity index (χ2n) is 6.23. The highest BCUT2D eigenvalue weighted by atomic mass is 16.5. The van der Waals surface area contributed by atoms with Crippen LogP contribution in [0.2, 0.25) is 0 Å². The lowest BCUT2D eigenvalue weighted by atomic mass is 10.1. The maximum Gasteiger partial charge on any atom is 0.349 e. The molecule has 0 spiro atoms. The van der Waals surface area contributed by atoms with E-state index < -0.39 is 12.1 Å². The van der Waals surface area contributed by atoms with E-state index in [2.05, 4.69) is 0 Å². The van der Waals surface area contributed by atoms with Crippen molar-refractivity contribution in [2.24, 2.45) is 0 Å². The van der Waals surface area contributed by atoms with E-state index in [1.807, 2.05) is 30.3 Å². The Kier molecular flexibility index (Phi) is 6.58. The number of carboxylic acids is 1. The SMILES string of the molecule is COc1ccc(C(Oc2cc(OC)cc(OCc3ccccc3)c2)C(=O)O)cc1. The van der Waals surface area contributed by atoms with Crippen LogP contribution in [-0.4, -0.2) is 25.3 Å². The van der Waals surface area contributed by atoms with Crippen LogP contribution in [0.5, 0.6) is 23.0 Å². The number of methoxy groups -OCH3 is 2. The summed E-state index contributed by atoms with van der Waals surface area (Å²) in [5, 5.41) is 9.64. The number of benzene rings is 3. The third-order valence-corrected chi connectivity index (χ3v) is 4.23. The number of hydrogen-bond acceptors (Lipinski definition) is 5. The van der Waals surface area contributed by atoms with E-state index in [1.165, 1.54) is 7.11 Å². The first-order chi connectivity index (χ1) is 14.1. The molecule has 29 heavy (non-hydrogen) atoms. The van der Waals surface area contributed by atoms with Crippen molar-refractivity contribution >= 4 is 5.97 Å². The third-order valence-electron chi connectivity index (χ3n) is 4.23. The molecule has 0 heterocycles. The highest BCUT2D eigenvalue weighted by Crippen LogP contribution is 2.32. The molecule has 6 nitrogen and oxygen atoms in total. The van der Waals surface area contributed by atoms with Gasteiger partial charge in [0.25, 0.3) is 0 Å². The standard InChI is InChI=1S/C23H22O6/c1-26-18-10-8-17(9-11-18)22(23(24)25)29-21-13-19(27-2)12-20(14-21)28-15-16-6-4-3-5-7-16/h3-14,22H,15H2,1-2H3,(H,24,25). The van der Waals surface area contributed by atoms with Crippen molar-refractivity contribution in [2.75, 3.05) is 14.2 Å². The summed E-state index contributed by atoms with van der Waals surface area (Å²) in [6, 6.07) is 21.4. The Balaban J connectivity index is 1.80. The minimum absolute atomic E-state index is 0.329. The Labute approximate surface area is 169 Å². The van der Waals surface area contributed by atoms with Crippen molar-refractivity contribution in [1.29, 1.82) is 0 Å². The van der Waals surface area contributed by atoms with Gasteiger partial charge in [-0.3, -0.25) is 0 Å². The summed E-state index contributed by atoms with van der Waals surface area (Å²) in [6.07, 6.45) is -1.19. The number of hydrogen-bond donors (Lipinski definition) is 1. The van der Waals surface area contributed by atoms with E-state index in [0.717, 1.165) is 5.56 Å². The molecule has 0 fully saturated rings. The molecule has 3 rings (SSSR count). The quantitative estimate of drug-likeness (QED) is 0.577. The van der Waals surface area contributed by atoms with Gasteiger partial charge in [0, 0.05) is 23.8 Å². The van der Waals surface area contributed by atoms with Gasteiger partial charge in [0.2, 0.25) is 6.10 Å². The second-order valence-corrected chi connectivity index (χ2v) is 6.23. The largest absolute Gasteiger partial charge is 0.497 e. The summed E-state index contributed by atoms with van der Waals surface area (Å²) in [5.74, 6) is 0.878. The number of ether oxygens (including phenoxy) is 4. The summed E-state index contributed by atoms with van der Waals surface area (Å²) >= 11 is 0. The lowest BCUT2D eigenvalue weighted by Crippen LogP contribution is -2.18. The fraction of sp³-hybridized carbons (Fsp3) is 0.174. The van der Waals surface area contributed by atoms with E-state index in [0.29, 0.717) is 35.2 Å². The molecular weight excluding hydrogens is 372 g/mol. The Morgan fingerprint density at radius 1 is 0.828 bits per heavy atom. The average molecular weight is 394 g/mol. The highest BCUT2D eigenvalue weighted by Gasteiger charge is 2.22. The van der Waals surface area contributed by atoms with E-state index in [4.69, 9.17) is 18.9 Å². The van der Waals surface area contributed by atoms with Gasteiger partial charge in [0.15, 0.2) is 0 Å². The van der Waals surface area contributed by atoms with Gasteiger partial charge in [-0.2, -0.15) is 0 Å². The molecule has 3 aromatic carbocycles. The van der Waals surface area contributed by atoms with Gasteiger partial charge in [-0.1, -0.05) is 42.5 Å². The van der Waals surface area contributed by atoms with Gasteiger partial charge in [-0.05, 0) is 17.7 Å². The minimum Gasteiger partial charge on any atom is -0.497 e. The molecule has 0 amide bonds. The Hall–Kier alpha value is -3.67. The first kappa shape index (κ1) is 20.1. The van der Waals surface area contributed by atoms with Crippen molar-refractivity contribution in [3.63, 3.8) is 0 Å². The number of rotatable bonds is 9. The van der Waals surface area contributed by atoms with Crippen LogP contribution < -0.4 is 18.9 Å². The molecule has 0 saturated carbocycles. The van der Waals surface area contributed by atoms with Gasteiger partial charge in [-0.25, -0.2) is 4.79 Å². The van der Waals surface area contributed by atoms with Gasteiger partial charge in [-0.15, -0.1) is 0 Å². The number of carbonyl (C=O) groups is 1. The summed E-state index contributed by atoms with van der Waals surface area (Å²) in [7, 11) is 3.08. The zero-order valence-electron chi connectivity index (χ0n) is 16.2. The van der Waals surface area contributed by atoms with Crippen molar-refractivity contribution < 1.29 is 28.8 Å². The Morgan fingerprint density at radius 2 is 1.45 bits per heavy atom. The number of carboxylic acid groups (broad SMARTS) is 1. The zero-order valence-corrected chi connectivity index (χ0v) is 16.2. The molecule has 0 radical (unpaired) electrons. The van der Waals surface area contributed by atoms with Crippen molar-refractivity contribution in [3.05, 3.63) is 83.9 Å². The molecule has 0 aliphatic heterocycles. The molecule has 1 unspecified atom stereocenters. The lowest BCUT2D eigenvalue weighted by molar-refractivity contribution is -0.145. The molecule has 1 atom stereocenters. The normalized spacial score (nSPS) is 11.4. The molecular formula is C23H22O6. The molecule has 0 saturated heterocycles. The van der Waals surface area contributed by atoms with Gasteiger partial charge in [0.1, 0.15) is 29.6 Å². The smallest absolute Gasteiger partial charge is 0.349 e. The first-order valence-electron chi connectivity index (χ1n) is 8.98. The zero-order chi connectivity index (χ0) is 20.6. The van der Waals surface area contributed by atoms with Crippen LogP contribution in [0.15, 0.2) is 72.8 Å². The van der Waals surface area contributed by atoms with E-state index >= 15 is 0 Å². The molecule has 0 aliphatic carbocycles. The molecule has 3 aromatic rings. The van der Waals surface area contributed by atoms with Crippen LogP contribution in [0, 0.1) is 0 Å². The molecule has 150 valence electrons. The van der Waals surface area contributed by atoms with Gasteiger partial charge in [0.05, 0.1) is 14.2 Å². The lowest BCUT2D eigenvalue weighted by Gasteiger charge is -2.17. The van der Waals surface area contributed by atoms with Crippen LogP contribution in [0.3, 0.4) is 0 Å². The highest BCUT2D eigenvalue weighted by molar-refractivity contribution is 5.75. The Morgan fingerprint density at radius 3 is 2.07 bits per heavy atom. The maximum absolute atomic E-state index is 11.8. The summed E-state index contributed by atoms with van der Waals surface area (Å²) in [4.78, 5) is 11.8. The molecule has 0 bridgehead atoms. The van der Waals surface area contributed by atoms with Crippen LogP contribution >= 0.6 is 0 Å². The summed E-state index contributed by atoms with van der Waals surface area (Å²) < 4.78 is 22.0. The first-order valence-corrected chi connectivity index (χ1v) is 8.98. The van der Waals surface area contributed by atoms with Crippen LogP contribution in [0.25, 0.3) is 0 Å². The van der Waals surface area contributed by atoms with Crippen LogP contribution in [0.1, 0.15) is 17.2 Å². The van der Waals surface area contributed by atoms with E-state index in [9.17, 15) is 9.90 Å². The average Bonchev–Trinajstić information content (AvgIpc) is 2.76. The molecule has 6 heteroatoms. The summed E-state index contributed by atoms with van der Waals surface area (Å²) in [6.45, 7) is 0.369. The van der Waals surface area contributed by atoms with E-state index in [1.54, 1.807) is 49.6 Å². The van der Waals surface area contributed by atoms with Crippen LogP contribution in [0.4, 0.5) is 0 Å². The van der Waals surface area contributed by atoms with Crippen molar-refractivity contribution in [1.82, 2.24) is 0 Å². The van der Waals surface area contributed by atoms with Crippen molar-refractivity contribution in [2.45, 2.75) is 12.7 Å². The second kappa shape index (κ2) is 9.50. The van der Waals surface area contributed by atoms with Gasteiger partial charge < -0.3 is 24.1 Å². The fourth-order valence-electron chi connectivity index (χ4n) is 2.73. The topological polar surface area (TPSA) is 74.2 Å². The minimum atomic E-state index is -1.19. The maximum atomic E-state index is 11.8. The van der Waals surface area contributed by atoms with Crippen LogP contribution in [-0.2, 0) is 11.4 Å².